The zero-order valence-electron chi connectivity index (χ0n) is 10.8. The second-order valence-corrected chi connectivity index (χ2v) is 4.08. The summed E-state index contributed by atoms with van der Waals surface area (Å²) in [5, 5.41) is 12.0. The molecule has 0 atom stereocenters. The number of nitrogens with one attached hydrogen (secondary N) is 1. The maximum Gasteiger partial charge on any atom is 0.371 e. The van der Waals surface area contributed by atoms with E-state index >= 15 is 0 Å². The summed E-state index contributed by atoms with van der Waals surface area (Å²) in [4.78, 5) is 10.8. The SMILES string of the molecule is COc1ccc(NCc2cc(C(=O)O)oc2C)cc1. The average molecular weight is 261 g/mol. The van der Waals surface area contributed by atoms with E-state index in [1.54, 1.807) is 14.0 Å². The number of aromatic carboxylic acids is 1. The van der Waals surface area contributed by atoms with Gasteiger partial charge < -0.3 is 19.6 Å². The Kier molecular flexibility index (Phi) is 3.75. The van der Waals surface area contributed by atoms with E-state index in [0.29, 0.717) is 12.3 Å². The van der Waals surface area contributed by atoms with E-state index in [2.05, 4.69) is 5.32 Å². The predicted molar refractivity (Wildman–Crippen MR) is 70.7 cm³/mol. The topological polar surface area (TPSA) is 71.7 Å². The number of aryl methyl sites for hydroxylation is 1. The van der Waals surface area contributed by atoms with Crippen LogP contribution in [0.15, 0.2) is 34.7 Å². The number of methoxy groups -OCH3 is 1. The van der Waals surface area contributed by atoms with Crippen molar-refractivity contribution in [3.05, 3.63) is 47.4 Å². The van der Waals surface area contributed by atoms with Gasteiger partial charge in [0.1, 0.15) is 11.5 Å². The molecule has 2 aromatic rings. The molecule has 0 saturated carbocycles. The summed E-state index contributed by atoms with van der Waals surface area (Å²) in [6.45, 7) is 2.26. The number of ether oxygens (including phenoxy) is 1. The quantitative estimate of drug-likeness (QED) is 0.865. The lowest BCUT2D eigenvalue weighted by molar-refractivity contribution is 0.0661. The highest BCUT2D eigenvalue weighted by atomic mass is 16.5. The van der Waals surface area contributed by atoms with E-state index < -0.39 is 5.97 Å². The van der Waals surface area contributed by atoms with Crippen molar-refractivity contribution < 1.29 is 19.1 Å². The Morgan fingerprint density at radius 1 is 1.37 bits per heavy atom. The molecule has 100 valence electrons. The lowest BCUT2D eigenvalue weighted by Gasteiger charge is -2.06. The van der Waals surface area contributed by atoms with Crippen LogP contribution < -0.4 is 10.1 Å². The summed E-state index contributed by atoms with van der Waals surface area (Å²) in [7, 11) is 1.62. The fourth-order valence-electron chi connectivity index (χ4n) is 1.71. The largest absolute Gasteiger partial charge is 0.497 e. The minimum Gasteiger partial charge on any atom is -0.497 e. The molecule has 0 unspecified atom stereocenters. The summed E-state index contributed by atoms with van der Waals surface area (Å²) in [5.41, 5.74) is 1.76. The molecule has 0 amide bonds. The predicted octanol–water partition coefficient (Wildman–Crippen LogP) is 2.91. The van der Waals surface area contributed by atoms with Gasteiger partial charge in [-0.25, -0.2) is 4.79 Å². The van der Waals surface area contributed by atoms with Crippen LogP contribution in [-0.4, -0.2) is 18.2 Å². The molecule has 5 nitrogen and oxygen atoms in total. The van der Waals surface area contributed by atoms with E-state index in [1.165, 1.54) is 6.07 Å². The first-order valence-corrected chi connectivity index (χ1v) is 5.80. The Bertz CT molecular complexity index is 572. The minimum absolute atomic E-state index is 0.0379. The van der Waals surface area contributed by atoms with Gasteiger partial charge in [0.05, 0.1) is 7.11 Å². The molecule has 0 aliphatic rings. The van der Waals surface area contributed by atoms with E-state index in [9.17, 15) is 4.79 Å². The molecule has 1 aromatic carbocycles. The van der Waals surface area contributed by atoms with Crippen LogP contribution in [0.5, 0.6) is 5.75 Å². The van der Waals surface area contributed by atoms with E-state index in [0.717, 1.165) is 17.0 Å². The van der Waals surface area contributed by atoms with Gasteiger partial charge in [0.2, 0.25) is 5.76 Å². The number of carbonyl (C=O) groups is 1. The Labute approximate surface area is 110 Å². The van der Waals surface area contributed by atoms with Crippen molar-refractivity contribution in [2.75, 3.05) is 12.4 Å². The van der Waals surface area contributed by atoms with Crippen LogP contribution in [0, 0.1) is 6.92 Å². The molecule has 0 aliphatic carbocycles. The molecule has 2 rings (SSSR count). The smallest absolute Gasteiger partial charge is 0.371 e. The molecular formula is C14H15NO4. The van der Waals surface area contributed by atoms with Crippen molar-refractivity contribution in [2.24, 2.45) is 0 Å². The van der Waals surface area contributed by atoms with Gasteiger partial charge >= 0.3 is 5.97 Å². The average Bonchev–Trinajstić information content (AvgIpc) is 2.79. The monoisotopic (exact) mass is 261 g/mol. The molecule has 0 spiro atoms. The molecule has 0 radical (unpaired) electrons. The van der Waals surface area contributed by atoms with Crippen molar-refractivity contribution >= 4 is 11.7 Å². The first kappa shape index (κ1) is 13.0. The molecule has 1 aromatic heterocycles. The molecule has 1 heterocycles. The van der Waals surface area contributed by atoms with Crippen molar-refractivity contribution in [3.63, 3.8) is 0 Å². The fourth-order valence-corrected chi connectivity index (χ4v) is 1.71. The number of benzene rings is 1. The third-order valence-corrected chi connectivity index (χ3v) is 2.80. The van der Waals surface area contributed by atoms with Crippen molar-refractivity contribution in [3.8, 4) is 5.75 Å². The standard InChI is InChI=1S/C14H15NO4/c1-9-10(7-13(19-9)14(16)17)8-15-11-3-5-12(18-2)6-4-11/h3-7,15H,8H2,1-2H3,(H,16,17). The van der Waals surface area contributed by atoms with Crippen LogP contribution in [0.25, 0.3) is 0 Å². The number of furan rings is 1. The lowest BCUT2D eigenvalue weighted by Crippen LogP contribution is -1.99. The van der Waals surface area contributed by atoms with Crippen LogP contribution in [0.1, 0.15) is 21.9 Å². The molecule has 0 fully saturated rings. The van der Waals surface area contributed by atoms with Crippen molar-refractivity contribution in [2.45, 2.75) is 13.5 Å². The van der Waals surface area contributed by atoms with Crippen LogP contribution in [0.4, 0.5) is 5.69 Å². The first-order valence-electron chi connectivity index (χ1n) is 5.80. The Balaban J connectivity index is 2.03. The van der Waals surface area contributed by atoms with Gasteiger partial charge in [-0.3, -0.25) is 0 Å². The number of hydrogen-bond acceptors (Lipinski definition) is 4. The van der Waals surface area contributed by atoms with Gasteiger partial charge in [-0.15, -0.1) is 0 Å². The van der Waals surface area contributed by atoms with Crippen LogP contribution in [-0.2, 0) is 6.54 Å². The maximum absolute atomic E-state index is 10.8. The van der Waals surface area contributed by atoms with Crippen LogP contribution >= 0.6 is 0 Å². The highest BCUT2D eigenvalue weighted by molar-refractivity contribution is 5.84. The summed E-state index contributed by atoms with van der Waals surface area (Å²) in [6, 6.07) is 9.04. The third-order valence-electron chi connectivity index (χ3n) is 2.80. The first-order chi connectivity index (χ1) is 9.10. The molecule has 2 N–H and O–H groups in total. The number of carboxylic acid groups (broad SMARTS) is 1. The maximum atomic E-state index is 10.8. The number of hydrogen-bond donors (Lipinski definition) is 2. The normalized spacial score (nSPS) is 10.2. The molecule has 5 heteroatoms. The van der Waals surface area contributed by atoms with Gasteiger partial charge in [0.15, 0.2) is 0 Å². The van der Waals surface area contributed by atoms with Gasteiger partial charge in [-0.2, -0.15) is 0 Å². The molecule has 0 aliphatic heterocycles. The Hall–Kier alpha value is -2.43. The van der Waals surface area contributed by atoms with E-state index in [-0.39, 0.29) is 5.76 Å². The summed E-state index contributed by atoms with van der Waals surface area (Å²) < 4.78 is 10.2. The number of anilines is 1. The van der Waals surface area contributed by atoms with Gasteiger partial charge in [-0.1, -0.05) is 0 Å². The second kappa shape index (κ2) is 5.48. The zero-order chi connectivity index (χ0) is 13.8. The van der Waals surface area contributed by atoms with E-state index in [4.69, 9.17) is 14.3 Å². The summed E-state index contributed by atoms with van der Waals surface area (Å²) >= 11 is 0. The zero-order valence-corrected chi connectivity index (χ0v) is 10.8. The van der Waals surface area contributed by atoms with Gasteiger partial charge in [-0.05, 0) is 37.3 Å². The molecule has 0 bridgehead atoms. The highest BCUT2D eigenvalue weighted by Gasteiger charge is 2.12. The van der Waals surface area contributed by atoms with Gasteiger partial charge in [0, 0.05) is 17.8 Å². The van der Waals surface area contributed by atoms with Crippen molar-refractivity contribution in [1.29, 1.82) is 0 Å². The summed E-state index contributed by atoms with van der Waals surface area (Å²) in [5.74, 6) is 0.305. The Morgan fingerprint density at radius 2 is 2.05 bits per heavy atom. The summed E-state index contributed by atoms with van der Waals surface area (Å²) in [6.07, 6.45) is 0. The molecule has 0 saturated heterocycles. The third kappa shape index (κ3) is 3.07. The number of rotatable bonds is 5. The minimum atomic E-state index is -1.06. The lowest BCUT2D eigenvalue weighted by atomic mass is 10.2. The second-order valence-electron chi connectivity index (χ2n) is 4.08. The molecular weight excluding hydrogens is 246 g/mol. The Morgan fingerprint density at radius 3 is 2.58 bits per heavy atom. The fraction of sp³-hybridized carbons (Fsp3) is 0.214. The molecule has 19 heavy (non-hydrogen) atoms. The van der Waals surface area contributed by atoms with Crippen LogP contribution in [0.3, 0.4) is 0 Å². The van der Waals surface area contributed by atoms with Crippen molar-refractivity contribution in [1.82, 2.24) is 0 Å². The number of carboxylic acids is 1. The van der Waals surface area contributed by atoms with Crippen LogP contribution in [0.2, 0.25) is 0 Å². The van der Waals surface area contributed by atoms with Gasteiger partial charge in [0.25, 0.3) is 0 Å². The highest BCUT2D eigenvalue weighted by Crippen LogP contribution is 2.18. The van der Waals surface area contributed by atoms with E-state index in [1.807, 2.05) is 24.3 Å².